The van der Waals surface area contributed by atoms with Gasteiger partial charge in [-0.3, -0.25) is 9.59 Å². The number of carbonyl (C=O) groups excluding carboxylic acids is 2. The van der Waals surface area contributed by atoms with E-state index < -0.39 is 6.04 Å². The van der Waals surface area contributed by atoms with Crippen molar-refractivity contribution in [2.45, 2.75) is 38.7 Å². The molecule has 1 atom stereocenters. The van der Waals surface area contributed by atoms with Crippen LogP contribution in [0.5, 0.6) is 0 Å². The van der Waals surface area contributed by atoms with Gasteiger partial charge in [0.2, 0.25) is 13.3 Å². The molecule has 2 aliphatic rings. The van der Waals surface area contributed by atoms with Crippen LogP contribution in [0.15, 0.2) is 30.5 Å². The number of anilines is 1. The quantitative estimate of drug-likeness (QED) is 0.834. The van der Waals surface area contributed by atoms with Crippen molar-refractivity contribution in [1.82, 2.24) is 10.2 Å². The van der Waals surface area contributed by atoms with Crippen molar-refractivity contribution in [3.05, 3.63) is 41.6 Å². The standard InChI is InChI=1S/C16H19BN3O2/c1-3-17-19-13-6-4-5-11-12(13)9-20(16(11)22)14-8-7-10(2)18-15(14)21/h4-6,14,19H,2-3,7-9H2,1H3,(H,18,21). The van der Waals surface area contributed by atoms with Gasteiger partial charge in [-0.25, -0.2) is 0 Å². The number of rotatable bonds is 4. The smallest absolute Gasteiger partial charge is 0.255 e. The maximum Gasteiger partial charge on any atom is 0.255 e. The number of carbonyl (C=O) groups is 2. The van der Waals surface area contributed by atoms with Crippen LogP contribution in [0.2, 0.25) is 6.32 Å². The number of amides is 2. The summed E-state index contributed by atoms with van der Waals surface area (Å²) in [5, 5.41) is 5.99. The second-order valence-electron chi connectivity index (χ2n) is 5.67. The summed E-state index contributed by atoms with van der Waals surface area (Å²) in [6.07, 6.45) is 2.24. The van der Waals surface area contributed by atoms with Crippen LogP contribution in [0.1, 0.15) is 35.7 Å². The topological polar surface area (TPSA) is 61.4 Å². The molecule has 1 aromatic carbocycles. The van der Waals surface area contributed by atoms with Crippen LogP contribution in [0, 0.1) is 0 Å². The molecule has 2 heterocycles. The van der Waals surface area contributed by atoms with Crippen molar-refractivity contribution in [2.24, 2.45) is 0 Å². The Morgan fingerprint density at radius 1 is 1.45 bits per heavy atom. The number of nitrogens with one attached hydrogen (secondary N) is 2. The van der Waals surface area contributed by atoms with Crippen LogP contribution in [-0.4, -0.2) is 30.2 Å². The van der Waals surface area contributed by atoms with Gasteiger partial charge in [0.1, 0.15) is 6.04 Å². The summed E-state index contributed by atoms with van der Waals surface area (Å²) >= 11 is 0. The predicted octanol–water partition coefficient (Wildman–Crippen LogP) is 1.90. The molecule has 2 aliphatic heterocycles. The highest BCUT2D eigenvalue weighted by molar-refractivity contribution is 6.40. The average Bonchev–Trinajstić information content (AvgIpc) is 2.83. The van der Waals surface area contributed by atoms with Gasteiger partial charge >= 0.3 is 0 Å². The number of benzene rings is 1. The van der Waals surface area contributed by atoms with Crippen molar-refractivity contribution in [3.63, 3.8) is 0 Å². The Morgan fingerprint density at radius 3 is 3.00 bits per heavy atom. The molecule has 5 nitrogen and oxygen atoms in total. The Kier molecular flexibility index (Phi) is 3.92. The minimum Gasteiger partial charge on any atom is -0.432 e. The SMILES string of the molecule is C=C1CCC(N2Cc3c(N[B]CC)cccc3C2=O)C(=O)N1. The zero-order chi connectivity index (χ0) is 15.7. The van der Waals surface area contributed by atoms with Gasteiger partial charge in [-0.2, -0.15) is 0 Å². The molecule has 3 rings (SSSR count). The van der Waals surface area contributed by atoms with Gasteiger partial charge in [0.25, 0.3) is 5.91 Å². The summed E-state index contributed by atoms with van der Waals surface area (Å²) in [6.45, 7) is 6.30. The lowest BCUT2D eigenvalue weighted by Crippen LogP contribution is -2.49. The lowest BCUT2D eigenvalue weighted by Gasteiger charge is -2.31. The highest BCUT2D eigenvalue weighted by Crippen LogP contribution is 2.32. The van der Waals surface area contributed by atoms with Gasteiger partial charge in [-0.15, -0.1) is 0 Å². The second kappa shape index (κ2) is 5.87. The predicted molar refractivity (Wildman–Crippen MR) is 86.5 cm³/mol. The molecule has 0 aliphatic carbocycles. The van der Waals surface area contributed by atoms with Crippen LogP contribution >= 0.6 is 0 Å². The number of hydrogen-bond acceptors (Lipinski definition) is 3. The molecule has 2 N–H and O–H groups in total. The van der Waals surface area contributed by atoms with E-state index in [0.717, 1.165) is 23.3 Å². The zero-order valence-electron chi connectivity index (χ0n) is 12.7. The average molecular weight is 296 g/mol. The number of nitrogens with zero attached hydrogens (tertiary/aromatic N) is 1. The molecule has 0 saturated carbocycles. The van der Waals surface area contributed by atoms with E-state index in [1.165, 1.54) is 0 Å². The van der Waals surface area contributed by atoms with Crippen LogP contribution in [0.3, 0.4) is 0 Å². The Bertz CT molecular complexity index is 644. The largest absolute Gasteiger partial charge is 0.432 e. The second-order valence-corrected chi connectivity index (χ2v) is 5.67. The lowest BCUT2D eigenvalue weighted by molar-refractivity contribution is -0.126. The van der Waals surface area contributed by atoms with Crippen LogP contribution in [0.25, 0.3) is 0 Å². The van der Waals surface area contributed by atoms with E-state index in [0.29, 0.717) is 24.9 Å². The van der Waals surface area contributed by atoms with Gasteiger partial charge in [-0.1, -0.05) is 25.9 Å². The molecule has 2 amide bonds. The fraction of sp³-hybridized carbons (Fsp3) is 0.375. The third kappa shape index (κ3) is 2.49. The number of fused-ring (bicyclic) bond motifs is 1. The Hall–Kier alpha value is -2.24. The molecular weight excluding hydrogens is 277 g/mol. The van der Waals surface area contributed by atoms with Crippen molar-refractivity contribution < 1.29 is 9.59 Å². The number of hydrogen-bond donors (Lipinski definition) is 2. The van der Waals surface area contributed by atoms with E-state index in [4.69, 9.17) is 0 Å². The van der Waals surface area contributed by atoms with E-state index in [1.54, 1.807) is 4.90 Å². The van der Waals surface area contributed by atoms with Gasteiger partial charge < -0.3 is 15.4 Å². The molecule has 1 aromatic rings. The fourth-order valence-corrected chi connectivity index (χ4v) is 3.01. The van der Waals surface area contributed by atoms with E-state index in [9.17, 15) is 9.59 Å². The summed E-state index contributed by atoms with van der Waals surface area (Å²) in [4.78, 5) is 26.5. The van der Waals surface area contributed by atoms with Crippen molar-refractivity contribution in [1.29, 1.82) is 0 Å². The molecule has 113 valence electrons. The summed E-state index contributed by atoms with van der Waals surface area (Å²) in [5.41, 5.74) is 3.32. The Labute approximate surface area is 131 Å². The Balaban J connectivity index is 1.84. The summed E-state index contributed by atoms with van der Waals surface area (Å²) in [5.74, 6) is -0.199. The van der Waals surface area contributed by atoms with Crippen LogP contribution < -0.4 is 10.5 Å². The molecule has 1 saturated heterocycles. The van der Waals surface area contributed by atoms with Crippen molar-refractivity contribution >= 4 is 24.9 Å². The Morgan fingerprint density at radius 2 is 2.27 bits per heavy atom. The van der Waals surface area contributed by atoms with Gasteiger partial charge in [0, 0.05) is 29.1 Å². The molecule has 6 heteroatoms. The third-order valence-corrected chi connectivity index (χ3v) is 4.16. The van der Waals surface area contributed by atoms with Gasteiger partial charge in [0.15, 0.2) is 0 Å². The minimum absolute atomic E-state index is 0.0668. The first-order chi connectivity index (χ1) is 10.6. The summed E-state index contributed by atoms with van der Waals surface area (Å²) in [6, 6.07) is 5.25. The van der Waals surface area contributed by atoms with E-state index in [1.807, 2.05) is 32.5 Å². The lowest BCUT2D eigenvalue weighted by atomic mass is 9.89. The highest BCUT2D eigenvalue weighted by atomic mass is 16.2. The molecule has 0 spiro atoms. The maximum absolute atomic E-state index is 12.6. The third-order valence-electron chi connectivity index (χ3n) is 4.16. The van der Waals surface area contributed by atoms with Crippen molar-refractivity contribution in [2.75, 3.05) is 5.23 Å². The van der Waals surface area contributed by atoms with E-state index in [-0.39, 0.29) is 11.8 Å². The maximum atomic E-state index is 12.6. The summed E-state index contributed by atoms with van der Waals surface area (Å²) < 4.78 is 0. The van der Waals surface area contributed by atoms with E-state index in [2.05, 4.69) is 17.1 Å². The van der Waals surface area contributed by atoms with E-state index >= 15 is 0 Å². The monoisotopic (exact) mass is 296 g/mol. The molecule has 1 fully saturated rings. The molecule has 1 unspecified atom stereocenters. The number of allylic oxidation sites excluding steroid dienone is 1. The first-order valence-corrected chi connectivity index (χ1v) is 7.61. The zero-order valence-corrected chi connectivity index (χ0v) is 12.7. The highest BCUT2D eigenvalue weighted by Gasteiger charge is 2.38. The first kappa shape index (κ1) is 14.7. The normalized spacial score (nSPS) is 20.7. The molecule has 1 radical (unpaired) electrons. The van der Waals surface area contributed by atoms with Gasteiger partial charge in [-0.05, 0) is 25.0 Å². The molecule has 0 bridgehead atoms. The van der Waals surface area contributed by atoms with Crippen LogP contribution in [-0.2, 0) is 11.3 Å². The van der Waals surface area contributed by atoms with Crippen molar-refractivity contribution in [3.8, 4) is 0 Å². The van der Waals surface area contributed by atoms with Crippen LogP contribution in [0.4, 0.5) is 5.69 Å². The molecule has 0 aromatic heterocycles. The van der Waals surface area contributed by atoms with Gasteiger partial charge in [0.05, 0.1) is 0 Å². The number of piperidine rings is 1. The molecular formula is C16H19BN3O2. The minimum atomic E-state index is -0.409. The fourth-order valence-electron chi connectivity index (χ4n) is 3.01. The molecule has 22 heavy (non-hydrogen) atoms. The summed E-state index contributed by atoms with van der Waals surface area (Å²) in [7, 11) is 1.96. The first-order valence-electron chi connectivity index (χ1n) is 7.61.